The third kappa shape index (κ3) is 4.36. The first-order chi connectivity index (χ1) is 14.8. The number of nitrogens with zero attached hydrogens (tertiary/aromatic N) is 2. The number of fused-ring (bicyclic) bond motifs is 1. The number of sulfonamides is 1. The second-order valence-corrected chi connectivity index (χ2v) is 9.79. The van der Waals surface area contributed by atoms with Crippen molar-refractivity contribution in [1.82, 2.24) is 13.9 Å². The van der Waals surface area contributed by atoms with E-state index < -0.39 is 22.1 Å². The van der Waals surface area contributed by atoms with Gasteiger partial charge < -0.3 is 0 Å². The Hall–Kier alpha value is -2.71. The molecule has 2 atom stereocenters. The van der Waals surface area contributed by atoms with Crippen LogP contribution in [0.2, 0.25) is 0 Å². The van der Waals surface area contributed by atoms with Crippen LogP contribution in [0.5, 0.6) is 0 Å². The molecule has 0 aliphatic carbocycles. The van der Waals surface area contributed by atoms with Crippen LogP contribution in [0.3, 0.4) is 0 Å². The first-order valence-corrected chi connectivity index (χ1v) is 12.3. The van der Waals surface area contributed by atoms with Gasteiger partial charge >= 0.3 is 5.69 Å². The van der Waals surface area contributed by atoms with Crippen LogP contribution in [-0.4, -0.2) is 29.8 Å². The van der Waals surface area contributed by atoms with Crippen molar-refractivity contribution in [3.63, 3.8) is 0 Å². The summed E-state index contributed by atoms with van der Waals surface area (Å²) < 4.78 is 45.4. The molecule has 0 saturated heterocycles. The lowest BCUT2D eigenvalue weighted by Crippen LogP contribution is -2.47. The summed E-state index contributed by atoms with van der Waals surface area (Å²) in [5.41, 5.74) is 2.37. The van der Waals surface area contributed by atoms with Crippen LogP contribution in [0.25, 0.3) is 11.1 Å². The first kappa shape index (κ1) is 21.5. The molecule has 3 aromatic rings. The van der Waals surface area contributed by atoms with E-state index >= 15 is 4.39 Å². The predicted molar refractivity (Wildman–Crippen MR) is 119 cm³/mol. The molecule has 2 heterocycles. The summed E-state index contributed by atoms with van der Waals surface area (Å²) >= 11 is 0. The lowest BCUT2D eigenvalue weighted by Gasteiger charge is -2.33. The Morgan fingerprint density at radius 1 is 1.13 bits per heavy atom. The molecule has 0 spiro atoms. The van der Waals surface area contributed by atoms with Crippen molar-refractivity contribution >= 4 is 10.0 Å². The van der Waals surface area contributed by atoms with Crippen molar-refractivity contribution in [1.29, 1.82) is 0 Å². The van der Waals surface area contributed by atoms with Crippen molar-refractivity contribution in [2.75, 3.05) is 6.26 Å². The lowest BCUT2D eigenvalue weighted by molar-refractivity contribution is 0.314. The fourth-order valence-electron chi connectivity index (χ4n) is 4.45. The van der Waals surface area contributed by atoms with Gasteiger partial charge in [0.2, 0.25) is 10.0 Å². The van der Waals surface area contributed by atoms with Crippen molar-refractivity contribution in [3.8, 4) is 11.1 Å². The van der Waals surface area contributed by atoms with Gasteiger partial charge in [0.25, 0.3) is 0 Å². The van der Waals surface area contributed by atoms with Crippen molar-refractivity contribution in [3.05, 3.63) is 82.3 Å². The molecular weight excluding hydrogens is 417 g/mol. The minimum atomic E-state index is -3.49. The number of hydrogen-bond acceptors (Lipinski definition) is 3. The lowest BCUT2D eigenvalue weighted by atomic mass is 9.91. The molecule has 2 unspecified atom stereocenters. The van der Waals surface area contributed by atoms with Gasteiger partial charge in [0.1, 0.15) is 5.82 Å². The summed E-state index contributed by atoms with van der Waals surface area (Å²) in [7, 11) is -3.49. The van der Waals surface area contributed by atoms with Crippen LogP contribution < -0.4 is 10.4 Å². The van der Waals surface area contributed by atoms with E-state index in [2.05, 4.69) is 4.72 Å². The van der Waals surface area contributed by atoms with Gasteiger partial charge in [-0.1, -0.05) is 48.5 Å². The van der Waals surface area contributed by atoms with Crippen molar-refractivity contribution in [2.24, 2.45) is 0 Å². The summed E-state index contributed by atoms with van der Waals surface area (Å²) in [5.74, 6) is -0.345. The molecule has 4 rings (SSSR count). The largest absolute Gasteiger partial charge is 0.328 e. The summed E-state index contributed by atoms with van der Waals surface area (Å²) in [5, 5.41) is 0. The monoisotopic (exact) mass is 443 g/mol. The molecule has 164 valence electrons. The normalized spacial score (nSPS) is 18.7. The molecule has 0 saturated carbocycles. The van der Waals surface area contributed by atoms with E-state index in [0.29, 0.717) is 30.5 Å². The SMILES string of the molecule is CCn1cc2n(c1=O)C(Cc1cccc(-c3ccccc3)c1F)C(NS(C)(=O)=O)CC2. The van der Waals surface area contributed by atoms with Crippen LogP contribution in [0.1, 0.15) is 30.6 Å². The van der Waals surface area contributed by atoms with Gasteiger partial charge in [-0.05, 0) is 37.3 Å². The number of aromatic nitrogens is 2. The fraction of sp³-hybridized carbons (Fsp3) is 0.348. The third-order valence-electron chi connectivity index (χ3n) is 5.87. The molecule has 1 N–H and O–H groups in total. The molecule has 1 aromatic heterocycles. The molecule has 8 heteroatoms. The van der Waals surface area contributed by atoms with Crippen LogP contribution in [0.4, 0.5) is 4.39 Å². The number of aryl methyl sites for hydroxylation is 2. The van der Waals surface area contributed by atoms with Crippen LogP contribution in [0.15, 0.2) is 59.5 Å². The minimum Gasteiger partial charge on any atom is -0.299 e. The maximum absolute atomic E-state index is 15.5. The zero-order valence-corrected chi connectivity index (χ0v) is 18.4. The highest BCUT2D eigenvalue weighted by atomic mass is 32.2. The summed E-state index contributed by atoms with van der Waals surface area (Å²) in [6.45, 7) is 2.41. The van der Waals surface area contributed by atoms with E-state index in [1.54, 1.807) is 27.3 Å². The zero-order valence-electron chi connectivity index (χ0n) is 17.6. The molecule has 0 fully saturated rings. The van der Waals surface area contributed by atoms with E-state index in [9.17, 15) is 13.2 Å². The second-order valence-electron chi connectivity index (χ2n) is 8.01. The molecule has 0 radical (unpaired) electrons. The van der Waals surface area contributed by atoms with Gasteiger partial charge in [-0.25, -0.2) is 22.3 Å². The van der Waals surface area contributed by atoms with E-state index in [-0.39, 0.29) is 17.9 Å². The Morgan fingerprint density at radius 3 is 2.55 bits per heavy atom. The van der Waals surface area contributed by atoms with E-state index in [1.807, 2.05) is 43.5 Å². The van der Waals surface area contributed by atoms with Gasteiger partial charge in [0.05, 0.1) is 12.3 Å². The van der Waals surface area contributed by atoms with E-state index in [0.717, 1.165) is 17.5 Å². The molecule has 0 amide bonds. The summed E-state index contributed by atoms with van der Waals surface area (Å²) in [6.07, 6.45) is 4.27. The Kier molecular flexibility index (Phi) is 5.85. The molecule has 0 bridgehead atoms. The maximum Gasteiger partial charge on any atom is 0.328 e. The van der Waals surface area contributed by atoms with Gasteiger partial charge in [0.15, 0.2) is 0 Å². The fourth-order valence-corrected chi connectivity index (χ4v) is 5.27. The summed E-state index contributed by atoms with van der Waals surface area (Å²) in [4.78, 5) is 13.0. The minimum absolute atomic E-state index is 0.192. The maximum atomic E-state index is 15.5. The average Bonchev–Trinajstić information content (AvgIpc) is 3.06. The quantitative estimate of drug-likeness (QED) is 0.636. The van der Waals surface area contributed by atoms with Crippen molar-refractivity contribution in [2.45, 2.75) is 44.8 Å². The van der Waals surface area contributed by atoms with Gasteiger partial charge in [-0.3, -0.25) is 9.13 Å². The Balaban J connectivity index is 1.78. The highest BCUT2D eigenvalue weighted by Crippen LogP contribution is 2.31. The Bertz CT molecular complexity index is 1250. The Labute approximate surface area is 181 Å². The first-order valence-electron chi connectivity index (χ1n) is 10.4. The second kappa shape index (κ2) is 8.43. The van der Waals surface area contributed by atoms with Crippen LogP contribution in [0, 0.1) is 5.82 Å². The molecule has 1 aliphatic heterocycles. The predicted octanol–water partition coefficient (Wildman–Crippen LogP) is 3.12. The highest BCUT2D eigenvalue weighted by Gasteiger charge is 2.34. The smallest absolute Gasteiger partial charge is 0.299 e. The molecular formula is C23H26FN3O3S. The number of halogens is 1. The molecule has 31 heavy (non-hydrogen) atoms. The number of benzene rings is 2. The van der Waals surface area contributed by atoms with E-state index in [4.69, 9.17) is 0 Å². The number of hydrogen-bond donors (Lipinski definition) is 1. The third-order valence-corrected chi connectivity index (χ3v) is 6.60. The highest BCUT2D eigenvalue weighted by molar-refractivity contribution is 7.88. The van der Waals surface area contributed by atoms with Crippen LogP contribution >= 0.6 is 0 Å². The van der Waals surface area contributed by atoms with Gasteiger partial charge in [-0.15, -0.1) is 0 Å². The molecule has 1 aliphatic rings. The number of nitrogens with one attached hydrogen (secondary N) is 1. The average molecular weight is 444 g/mol. The number of rotatable bonds is 6. The standard InChI is InChI=1S/C23H26FN3O3S/c1-3-26-15-18-12-13-20(25-31(2,29)30)21(27(18)23(26)28)14-17-10-7-11-19(22(17)24)16-8-5-4-6-9-16/h4-11,15,20-21,25H,3,12-14H2,1-2H3. The van der Waals surface area contributed by atoms with Gasteiger partial charge in [-0.2, -0.15) is 0 Å². The van der Waals surface area contributed by atoms with Crippen LogP contribution in [-0.2, 0) is 29.4 Å². The molecule has 6 nitrogen and oxygen atoms in total. The summed E-state index contributed by atoms with van der Waals surface area (Å²) in [6, 6.07) is 13.5. The Morgan fingerprint density at radius 2 is 1.87 bits per heavy atom. The number of imidazole rings is 1. The zero-order chi connectivity index (χ0) is 22.2. The van der Waals surface area contributed by atoms with E-state index in [1.165, 1.54) is 0 Å². The molecule has 2 aromatic carbocycles. The van der Waals surface area contributed by atoms with Crippen molar-refractivity contribution < 1.29 is 12.8 Å². The topological polar surface area (TPSA) is 73.1 Å². The van der Waals surface area contributed by atoms with Gasteiger partial charge in [0, 0.05) is 30.0 Å².